The molecule has 152 valence electrons. The Morgan fingerprint density at radius 2 is 2.21 bits per heavy atom. The van der Waals surface area contributed by atoms with E-state index in [-0.39, 0.29) is 34.7 Å². The number of ether oxygens (including phenoxy) is 2. The maximum atomic E-state index is 12.3. The molecule has 1 aliphatic rings. The van der Waals surface area contributed by atoms with Crippen molar-refractivity contribution in [1.82, 2.24) is 14.5 Å². The molecule has 9 nitrogen and oxygen atoms in total. The lowest BCUT2D eigenvalue weighted by atomic mass is 10.1. The molecule has 0 saturated heterocycles. The SMILES string of the molecule is [2H]C([2H])([2H])C1COc2c(cc(S(C)(=O)=O)nc2-c2cn(C)c3cnc(NC(C)=O)cc23)O1. The van der Waals surface area contributed by atoms with Crippen molar-refractivity contribution in [3.63, 3.8) is 0 Å². The molecule has 1 N–H and O–H groups in total. The normalized spacial score (nSPS) is 18.0. The van der Waals surface area contributed by atoms with Crippen LogP contribution >= 0.6 is 0 Å². The van der Waals surface area contributed by atoms with E-state index in [0.29, 0.717) is 22.3 Å². The molecule has 0 radical (unpaired) electrons. The van der Waals surface area contributed by atoms with Crippen LogP contribution in [0.5, 0.6) is 11.5 Å². The van der Waals surface area contributed by atoms with E-state index in [1.54, 1.807) is 30.1 Å². The Bertz CT molecular complexity index is 1350. The quantitative estimate of drug-likeness (QED) is 0.692. The lowest BCUT2D eigenvalue weighted by molar-refractivity contribution is -0.114. The second kappa shape index (κ2) is 6.73. The van der Waals surface area contributed by atoms with Gasteiger partial charge < -0.3 is 19.4 Å². The average Bonchev–Trinajstić information content (AvgIpc) is 3.00. The standard InChI is InChI=1S/C19H20N4O5S/c1-10-9-27-19-15(28-10)6-17(29(4,25)26)22-18(19)13-8-23(3)14-7-20-16(5-12(13)14)21-11(2)24/h5-8,10H,9H2,1-4H3,(H,20,21,24)/i1D3. The molecule has 3 aromatic rings. The number of fused-ring (bicyclic) bond motifs is 2. The molecule has 4 heterocycles. The first-order valence-corrected chi connectivity index (χ1v) is 10.5. The Balaban J connectivity index is 1.96. The Labute approximate surface area is 171 Å². The minimum Gasteiger partial charge on any atom is -0.484 e. The van der Waals surface area contributed by atoms with Gasteiger partial charge in [-0.25, -0.2) is 18.4 Å². The number of carbonyl (C=O) groups excluding carboxylic acids is 1. The third kappa shape index (κ3) is 3.51. The van der Waals surface area contributed by atoms with Gasteiger partial charge in [0.2, 0.25) is 5.91 Å². The van der Waals surface area contributed by atoms with Crippen LogP contribution in [0, 0.1) is 0 Å². The minimum absolute atomic E-state index is 0.0176. The van der Waals surface area contributed by atoms with Crippen molar-refractivity contribution in [1.29, 1.82) is 0 Å². The largest absolute Gasteiger partial charge is 0.484 e. The number of hydrogen-bond donors (Lipinski definition) is 1. The van der Waals surface area contributed by atoms with Crippen LogP contribution in [0.15, 0.2) is 29.6 Å². The van der Waals surface area contributed by atoms with Crippen molar-refractivity contribution in [2.75, 3.05) is 18.2 Å². The maximum absolute atomic E-state index is 12.3. The topological polar surface area (TPSA) is 112 Å². The summed E-state index contributed by atoms with van der Waals surface area (Å²) >= 11 is 0. The number of nitrogens with zero attached hydrogens (tertiary/aromatic N) is 3. The molecule has 0 aromatic carbocycles. The zero-order valence-electron chi connectivity index (χ0n) is 18.9. The fourth-order valence-electron chi connectivity index (χ4n) is 3.15. The van der Waals surface area contributed by atoms with E-state index in [9.17, 15) is 13.2 Å². The minimum atomic E-state index is -3.75. The summed E-state index contributed by atoms with van der Waals surface area (Å²) in [5.74, 6) is 0.140. The van der Waals surface area contributed by atoms with Crippen molar-refractivity contribution in [2.45, 2.75) is 24.9 Å². The van der Waals surface area contributed by atoms with Gasteiger partial charge in [-0.15, -0.1) is 0 Å². The van der Waals surface area contributed by atoms with Crippen LogP contribution in [0.1, 0.15) is 17.9 Å². The molecule has 0 spiro atoms. The van der Waals surface area contributed by atoms with Crippen molar-refractivity contribution in [3.05, 3.63) is 24.5 Å². The van der Waals surface area contributed by atoms with E-state index in [0.717, 1.165) is 6.26 Å². The van der Waals surface area contributed by atoms with E-state index < -0.39 is 22.8 Å². The lowest BCUT2D eigenvalue weighted by Crippen LogP contribution is -2.26. The monoisotopic (exact) mass is 419 g/mol. The molecule has 0 fully saturated rings. The third-order valence-corrected chi connectivity index (χ3v) is 5.35. The van der Waals surface area contributed by atoms with Gasteiger partial charge in [0.1, 0.15) is 24.2 Å². The Morgan fingerprint density at radius 1 is 1.41 bits per heavy atom. The predicted molar refractivity (Wildman–Crippen MR) is 107 cm³/mol. The van der Waals surface area contributed by atoms with Gasteiger partial charge in [0.25, 0.3) is 0 Å². The molecule has 29 heavy (non-hydrogen) atoms. The molecule has 0 bridgehead atoms. The zero-order valence-corrected chi connectivity index (χ0v) is 16.7. The van der Waals surface area contributed by atoms with Gasteiger partial charge in [0.15, 0.2) is 26.4 Å². The van der Waals surface area contributed by atoms with Gasteiger partial charge in [0, 0.05) is 47.6 Å². The Morgan fingerprint density at radius 3 is 2.90 bits per heavy atom. The van der Waals surface area contributed by atoms with Crippen molar-refractivity contribution in [2.24, 2.45) is 7.05 Å². The highest BCUT2D eigenvalue weighted by atomic mass is 32.2. The number of sulfone groups is 1. The maximum Gasteiger partial charge on any atom is 0.222 e. The summed E-state index contributed by atoms with van der Waals surface area (Å²) in [6.45, 7) is -1.34. The highest BCUT2D eigenvalue weighted by Crippen LogP contribution is 2.43. The highest BCUT2D eigenvalue weighted by molar-refractivity contribution is 7.90. The Kier molecular flexibility index (Phi) is 3.65. The molecule has 3 aromatic heterocycles. The number of pyridine rings is 2. The highest BCUT2D eigenvalue weighted by Gasteiger charge is 2.28. The second-order valence-corrected chi connectivity index (χ2v) is 8.71. The zero-order chi connectivity index (χ0) is 23.4. The van der Waals surface area contributed by atoms with Crippen LogP contribution in [0.3, 0.4) is 0 Å². The third-order valence-electron chi connectivity index (χ3n) is 4.38. The molecule has 4 rings (SSSR count). The fourth-order valence-corrected chi connectivity index (χ4v) is 3.73. The molecule has 0 aliphatic carbocycles. The number of nitrogens with one attached hydrogen (secondary N) is 1. The van der Waals surface area contributed by atoms with Gasteiger partial charge >= 0.3 is 0 Å². The van der Waals surface area contributed by atoms with Gasteiger partial charge in [0.05, 0.1) is 11.7 Å². The first kappa shape index (κ1) is 15.7. The number of rotatable bonds is 3. The number of carbonyl (C=O) groups is 1. The van der Waals surface area contributed by atoms with Crippen LogP contribution in [-0.2, 0) is 21.7 Å². The molecular formula is C19H20N4O5S. The summed E-state index contributed by atoms with van der Waals surface area (Å²) < 4.78 is 60.5. The fraction of sp³-hybridized carbons (Fsp3) is 0.316. The molecule has 0 saturated carbocycles. The summed E-state index contributed by atoms with van der Waals surface area (Å²) in [5.41, 5.74) is 1.39. The van der Waals surface area contributed by atoms with Crippen molar-refractivity contribution >= 4 is 32.5 Å². The summed E-state index contributed by atoms with van der Waals surface area (Å²) in [6, 6.07) is 2.81. The summed E-state index contributed by atoms with van der Waals surface area (Å²) in [6.07, 6.45) is 3.04. The molecule has 1 aliphatic heterocycles. The second-order valence-electron chi connectivity index (χ2n) is 6.75. The van der Waals surface area contributed by atoms with Crippen LogP contribution in [0.4, 0.5) is 5.82 Å². The van der Waals surface area contributed by atoms with Crippen molar-refractivity contribution < 1.29 is 26.8 Å². The van der Waals surface area contributed by atoms with E-state index in [1.807, 2.05) is 0 Å². The van der Waals surface area contributed by atoms with Crippen molar-refractivity contribution in [3.8, 4) is 22.8 Å². The summed E-state index contributed by atoms with van der Waals surface area (Å²) in [5, 5.41) is 2.96. The lowest BCUT2D eigenvalue weighted by Gasteiger charge is -2.25. The van der Waals surface area contributed by atoms with Crippen LogP contribution in [0.25, 0.3) is 22.2 Å². The van der Waals surface area contributed by atoms with Crippen LogP contribution in [0.2, 0.25) is 0 Å². The smallest absolute Gasteiger partial charge is 0.222 e. The Hall–Kier alpha value is -3.14. The van der Waals surface area contributed by atoms with Crippen LogP contribution < -0.4 is 14.8 Å². The van der Waals surface area contributed by atoms with Crippen LogP contribution in [-0.4, -0.2) is 47.8 Å². The van der Waals surface area contributed by atoms with Gasteiger partial charge in [-0.3, -0.25) is 4.79 Å². The number of anilines is 1. The van der Waals surface area contributed by atoms with E-state index in [4.69, 9.17) is 13.6 Å². The molecular weight excluding hydrogens is 396 g/mol. The van der Waals surface area contributed by atoms with Gasteiger partial charge in [-0.2, -0.15) is 0 Å². The average molecular weight is 419 g/mol. The molecule has 1 amide bonds. The van der Waals surface area contributed by atoms with Gasteiger partial charge in [-0.1, -0.05) is 0 Å². The summed E-state index contributed by atoms with van der Waals surface area (Å²) in [7, 11) is -1.98. The summed E-state index contributed by atoms with van der Waals surface area (Å²) in [4.78, 5) is 20.0. The molecule has 1 unspecified atom stereocenters. The number of aryl methyl sites for hydroxylation is 1. The molecule has 1 atom stereocenters. The predicted octanol–water partition coefficient (Wildman–Crippen LogP) is 2.16. The first-order valence-electron chi connectivity index (χ1n) is 10.1. The van der Waals surface area contributed by atoms with E-state index >= 15 is 0 Å². The first-order chi connectivity index (χ1) is 14.8. The number of amides is 1. The number of aromatic nitrogens is 3. The van der Waals surface area contributed by atoms with E-state index in [1.165, 1.54) is 13.0 Å². The van der Waals surface area contributed by atoms with E-state index in [2.05, 4.69) is 15.3 Å². The number of hydrogen-bond acceptors (Lipinski definition) is 7. The van der Waals surface area contributed by atoms with Gasteiger partial charge in [-0.05, 0) is 12.9 Å². The molecule has 10 heteroatoms.